The second kappa shape index (κ2) is 7.55. The summed E-state index contributed by atoms with van der Waals surface area (Å²) in [5, 5.41) is 9.82. The van der Waals surface area contributed by atoms with E-state index in [1.54, 1.807) is 17.8 Å². The second-order valence-corrected chi connectivity index (χ2v) is 6.81. The molecule has 4 rings (SSSR count). The number of oxazole rings is 1. The van der Waals surface area contributed by atoms with Crippen LogP contribution in [-0.2, 0) is 17.9 Å². The zero-order valence-electron chi connectivity index (χ0n) is 14.5. The first-order valence-electron chi connectivity index (χ1n) is 8.30. The van der Waals surface area contributed by atoms with Crippen molar-refractivity contribution in [1.82, 2.24) is 20.0 Å². The van der Waals surface area contributed by atoms with Crippen LogP contribution in [0.3, 0.4) is 0 Å². The third kappa shape index (κ3) is 3.95. The number of thiophene rings is 1. The molecule has 0 saturated heterocycles. The van der Waals surface area contributed by atoms with Gasteiger partial charge < -0.3 is 9.15 Å². The lowest BCUT2D eigenvalue weighted by Gasteiger charge is -2.00. The van der Waals surface area contributed by atoms with Gasteiger partial charge in [-0.15, -0.1) is 16.4 Å². The van der Waals surface area contributed by atoms with Crippen molar-refractivity contribution in [3.63, 3.8) is 0 Å². The lowest BCUT2D eigenvalue weighted by Crippen LogP contribution is -2.06. The number of esters is 1. The third-order valence-corrected chi connectivity index (χ3v) is 4.76. The second-order valence-electron chi connectivity index (χ2n) is 5.86. The quantitative estimate of drug-likeness (QED) is 0.474. The highest BCUT2D eigenvalue weighted by molar-refractivity contribution is 7.13. The Morgan fingerprint density at radius 3 is 2.85 bits per heavy atom. The number of ether oxygens (including phenoxy) is 1. The maximum atomic E-state index is 12.2. The first-order chi connectivity index (χ1) is 13.2. The fraction of sp³-hybridized carbons (Fsp3) is 0.158. The number of carbonyl (C=O) groups is 1. The van der Waals surface area contributed by atoms with Gasteiger partial charge in [0.15, 0.2) is 5.69 Å². The Morgan fingerprint density at radius 2 is 2.07 bits per heavy atom. The van der Waals surface area contributed by atoms with Crippen LogP contribution in [0.4, 0.5) is 0 Å². The van der Waals surface area contributed by atoms with E-state index >= 15 is 0 Å². The van der Waals surface area contributed by atoms with Gasteiger partial charge in [-0.25, -0.2) is 14.5 Å². The Bertz CT molecular complexity index is 1040. The average Bonchev–Trinajstić information content (AvgIpc) is 3.42. The molecule has 0 aliphatic rings. The van der Waals surface area contributed by atoms with E-state index in [1.165, 1.54) is 11.3 Å². The zero-order chi connectivity index (χ0) is 18.6. The minimum absolute atomic E-state index is 0.0189. The number of hydrogen-bond acceptors (Lipinski definition) is 7. The monoisotopic (exact) mass is 380 g/mol. The number of nitrogens with zero attached hydrogens (tertiary/aromatic N) is 4. The number of aromatic nitrogens is 4. The van der Waals surface area contributed by atoms with E-state index in [2.05, 4.69) is 15.3 Å². The first kappa shape index (κ1) is 17.2. The molecule has 0 fully saturated rings. The molecule has 0 aliphatic carbocycles. The van der Waals surface area contributed by atoms with E-state index in [0.717, 1.165) is 10.4 Å². The van der Waals surface area contributed by atoms with E-state index < -0.39 is 5.97 Å². The smallest absolute Gasteiger partial charge is 0.360 e. The van der Waals surface area contributed by atoms with Crippen LogP contribution in [0, 0.1) is 6.92 Å². The summed E-state index contributed by atoms with van der Waals surface area (Å²) in [7, 11) is 0. The Kier molecular flexibility index (Phi) is 4.80. The van der Waals surface area contributed by atoms with Crippen LogP contribution in [0.25, 0.3) is 10.8 Å². The topological polar surface area (TPSA) is 83.0 Å². The highest BCUT2D eigenvalue weighted by Crippen LogP contribution is 2.26. The van der Waals surface area contributed by atoms with Gasteiger partial charge in [0.2, 0.25) is 5.89 Å². The molecule has 27 heavy (non-hydrogen) atoms. The molecule has 0 radical (unpaired) electrons. The van der Waals surface area contributed by atoms with Crippen molar-refractivity contribution in [3.8, 4) is 10.8 Å². The summed E-state index contributed by atoms with van der Waals surface area (Å²) in [4.78, 5) is 17.6. The van der Waals surface area contributed by atoms with Gasteiger partial charge >= 0.3 is 5.97 Å². The summed E-state index contributed by atoms with van der Waals surface area (Å²) < 4.78 is 12.6. The minimum Gasteiger partial charge on any atom is -0.454 e. The predicted molar refractivity (Wildman–Crippen MR) is 99.2 cm³/mol. The van der Waals surface area contributed by atoms with Crippen molar-refractivity contribution in [2.24, 2.45) is 0 Å². The van der Waals surface area contributed by atoms with Gasteiger partial charge in [-0.05, 0) is 23.9 Å². The fourth-order valence-electron chi connectivity index (χ4n) is 2.52. The van der Waals surface area contributed by atoms with Crippen LogP contribution in [0.1, 0.15) is 27.5 Å². The van der Waals surface area contributed by atoms with Crippen LogP contribution in [-0.4, -0.2) is 25.9 Å². The van der Waals surface area contributed by atoms with E-state index in [0.29, 0.717) is 23.9 Å². The molecule has 136 valence electrons. The molecular weight excluding hydrogens is 364 g/mol. The molecule has 0 spiro atoms. The van der Waals surface area contributed by atoms with Crippen molar-refractivity contribution >= 4 is 17.3 Å². The molecule has 3 aromatic heterocycles. The van der Waals surface area contributed by atoms with Gasteiger partial charge in [-0.3, -0.25) is 0 Å². The number of hydrogen-bond donors (Lipinski definition) is 0. The number of carbonyl (C=O) groups excluding carboxylic acids is 1. The fourth-order valence-corrected chi connectivity index (χ4v) is 3.16. The van der Waals surface area contributed by atoms with Gasteiger partial charge in [0.1, 0.15) is 18.1 Å². The van der Waals surface area contributed by atoms with E-state index in [4.69, 9.17) is 9.15 Å². The largest absolute Gasteiger partial charge is 0.454 e. The van der Waals surface area contributed by atoms with Crippen LogP contribution < -0.4 is 0 Å². The van der Waals surface area contributed by atoms with Crippen molar-refractivity contribution in [2.45, 2.75) is 20.1 Å². The molecule has 0 unspecified atom stereocenters. The van der Waals surface area contributed by atoms with Gasteiger partial charge in [-0.2, -0.15) is 0 Å². The highest BCUT2D eigenvalue weighted by Gasteiger charge is 2.17. The minimum atomic E-state index is -0.547. The molecule has 7 nitrogen and oxygen atoms in total. The lowest BCUT2D eigenvalue weighted by atomic mass is 10.2. The summed E-state index contributed by atoms with van der Waals surface area (Å²) in [5.41, 5.74) is 1.82. The van der Waals surface area contributed by atoms with Gasteiger partial charge in [0.25, 0.3) is 0 Å². The number of benzene rings is 1. The molecule has 0 aliphatic heterocycles. The summed E-state index contributed by atoms with van der Waals surface area (Å²) in [6.07, 6.45) is 1.57. The summed E-state index contributed by atoms with van der Waals surface area (Å²) >= 11 is 1.54. The molecule has 0 atom stereocenters. The lowest BCUT2D eigenvalue weighted by molar-refractivity contribution is 0.0460. The SMILES string of the molecule is Cc1oc(-c2cccs2)nc1COC(=O)c1cn(Cc2ccccc2)nn1. The van der Waals surface area contributed by atoms with Crippen molar-refractivity contribution in [3.05, 3.63) is 76.8 Å². The van der Waals surface area contributed by atoms with Crippen molar-refractivity contribution in [1.29, 1.82) is 0 Å². The average molecular weight is 380 g/mol. The Balaban J connectivity index is 1.39. The van der Waals surface area contributed by atoms with Crippen molar-refractivity contribution < 1.29 is 13.9 Å². The summed E-state index contributed by atoms with van der Waals surface area (Å²) in [6, 6.07) is 13.7. The molecule has 0 saturated carbocycles. The van der Waals surface area contributed by atoms with Crippen molar-refractivity contribution in [2.75, 3.05) is 0 Å². The Morgan fingerprint density at radius 1 is 1.22 bits per heavy atom. The molecule has 1 aromatic carbocycles. The molecule has 3 heterocycles. The maximum absolute atomic E-state index is 12.2. The predicted octanol–water partition coefficient (Wildman–Crippen LogP) is 3.71. The molecule has 0 amide bonds. The Labute approximate surface area is 159 Å². The van der Waals surface area contributed by atoms with E-state index in [1.807, 2.05) is 47.8 Å². The molecule has 0 bridgehead atoms. The summed E-state index contributed by atoms with van der Waals surface area (Å²) in [6.45, 7) is 2.35. The van der Waals surface area contributed by atoms with Crippen LogP contribution in [0.5, 0.6) is 0 Å². The third-order valence-electron chi connectivity index (χ3n) is 3.90. The standard InChI is InChI=1S/C19H16N4O3S/c1-13-16(20-18(26-13)17-8-5-9-27-17)12-25-19(24)15-11-23(22-21-15)10-14-6-3-2-4-7-14/h2-9,11H,10,12H2,1H3. The van der Waals surface area contributed by atoms with Crippen LogP contribution in [0.2, 0.25) is 0 Å². The van der Waals surface area contributed by atoms with E-state index in [-0.39, 0.29) is 12.3 Å². The van der Waals surface area contributed by atoms with E-state index in [9.17, 15) is 4.79 Å². The molecule has 4 aromatic rings. The summed E-state index contributed by atoms with van der Waals surface area (Å²) in [5.74, 6) is 0.607. The first-order valence-corrected chi connectivity index (χ1v) is 9.18. The number of rotatable bonds is 6. The van der Waals surface area contributed by atoms with Gasteiger partial charge in [-0.1, -0.05) is 41.6 Å². The van der Waals surface area contributed by atoms with Crippen LogP contribution in [0.15, 0.2) is 58.5 Å². The molecule has 8 heteroatoms. The van der Waals surface area contributed by atoms with Crippen LogP contribution >= 0.6 is 11.3 Å². The number of aryl methyl sites for hydroxylation is 1. The van der Waals surface area contributed by atoms with Gasteiger partial charge in [0.05, 0.1) is 17.6 Å². The highest BCUT2D eigenvalue weighted by atomic mass is 32.1. The zero-order valence-corrected chi connectivity index (χ0v) is 15.3. The normalized spacial score (nSPS) is 10.9. The maximum Gasteiger partial charge on any atom is 0.360 e. The molecule has 0 N–H and O–H groups in total. The van der Waals surface area contributed by atoms with Gasteiger partial charge in [0, 0.05) is 0 Å². The molecular formula is C19H16N4O3S. The Hall–Kier alpha value is -3.26.